The van der Waals surface area contributed by atoms with Gasteiger partial charge in [-0.3, -0.25) is 4.98 Å². The van der Waals surface area contributed by atoms with Crippen LogP contribution in [0.1, 0.15) is 18.9 Å². The summed E-state index contributed by atoms with van der Waals surface area (Å²) in [6, 6.07) is 6.75. The minimum atomic E-state index is -3.66. The van der Waals surface area contributed by atoms with Crippen molar-refractivity contribution in [2.24, 2.45) is 0 Å². The van der Waals surface area contributed by atoms with Crippen molar-refractivity contribution >= 4 is 20.9 Å². The second kappa shape index (κ2) is 5.87. The van der Waals surface area contributed by atoms with Crippen LogP contribution in [0.5, 0.6) is 0 Å². The molecule has 108 valence electrons. The fourth-order valence-electron chi connectivity index (χ4n) is 1.95. The SMILES string of the molecule is CCC(O)CNS(=O)(=O)c1ccc(C)c2ncccc12. The van der Waals surface area contributed by atoms with Crippen LogP contribution in [0.15, 0.2) is 35.4 Å². The highest BCUT2D eigenvalue weighted by Crippen LogP contribution is 2.23. The predicted molar refractivity (Wildman–Crippen MR) is 78.0 cm³/mol. The van der Waals surface area contributed by atoms with Gasteiger partial charge < -0.3 is 5.11 Å². The van der Waals surface area contributed by atoms with Crippen molar-refractivity contribution in [3.05, 3.63) is 36.0 Å². The molecule has 0 radical (unpaired) electrons. The minimum Gasteiger partial charge on any atom is -0.392 e. The fourth-order valence-corrected chi connectivity index (χ4v) is 3.22. The Hall–Kier alpha value is -1.50. The summed E-state index contributed by atoms with van der Waals surface area (Å²) in [5.41, 5.74) is 1.60. The molecule has 1 heterocycles. The van der Waals surface area contributed by atoms with Crippen molar-refractivity contribution in [1.82, 2.24) is 9.71 Å². The number of aliphatic hydroxyl groups excluding tert-OH is 1. The van der Waals surface area contributed by atoms with Gasteiger partial charge in [0.25, 0.3) is 0 Å². The molecule has 0 aliphatic heterocycles. The third-order valence-corrected chi connectivity index (χ3v) is 4.68. The van der Waals surface area contributed by atoms with Gasteiger partial charge in [-0.15, -0.1) is 0 Å². The van der Waals surface area contributed by atoms with Crippen molar-refractivity contribution in [3.63, 3.8) is 0 Å². The number of benzene rings is 1. The molecule has 1 atom stereocenters. The van der Waals surface area contributed by atoms with Gasteiger partial charge in [-0.2, -0.15) is 0 Å². The van der Waals surface area contributed by atoms with E-state index in [4.69, 9.17) is 0 Å². The summed E-state index contributed by atoms with van der Waals surface area (Å²) >= 11 is 0. The predicted octanol–water partition coefficient (Wildman–Crippen LogP) is 1.59. The zero-order chi connectivity index (χ0) is 14.8. The molecule has 0 aliphatic carbocycles. The number of pyridine rings is 1. The van der Waals surface area contributed by atoms with Gasteiger partial charge >= 0.3 is 0 Å². The first-order valence-corrected chi connectivity index (χ1v) is 7.96. The molecule has 5 nitrogen and oxygen atoms in total. The summed E-state index contributed by atoms with van der Waals surface area (Å²) in [5.74, 6) is 0. The Labute approximate surface area is 118 Å². The molecule has 20 heavy (non-hydrogen) atoms. The lowest BCUT2D eigenvalue weighted by molar-refractivity contribution is 0.174. The molecule has 2 rings (SSSR count). The zero-order valence-electron chi connectivity index (χ0n) is 11.5. The lowest BCUT2D eigenvalue weighted by Gasteiger charge is -2.12. The van der Waals surface area contributed by atoms with Crippen molar-refractivity contribution in [1.29, 1.82) is 0 Å². The Morgan fingerprint density at radius 3 is 2.80 bits per heavy atom. The van der Waals surface area contributed by atoms with Gasteiger partial charge in [0.05, 0.1) is 16.5 Å². The number of aryl methyl sites for hydroxylation is 1. The molecule has 0 aliphatic rings. The maximum absolute atomic E-state index is 12.3. The standard InChI is InChI=1S/C14H18N2O3S/c1-3-11(17)9-16-20(18,19)13-7-6-10(2)14-12(13)5-4-8-15-14/h4-8,11,16-17H,3,9H2,1-2H3. The number of sulfonamides is 1. The molecule has 0 fully saturated rings. The maximum atomic E-state index is 12.3. The molecule has 2 aromatic rings. The van der Waals surface area contributed by atoms with Crippen LogP contribution in [-0.4, -0.2) is 31.2 Å². The molecule has 6 heteroatoms. The Bertz CT molecular complexity index is 713. The fraction of sp³-hybridized carbons (Fsp3) is 0.357. The smallest absolute Gasteiger partial charge is 0.241 e. The van der Waals surface area contributed by atoms with Crippen LogP contribution in [0.4, 0.5) is 0 Å². The van der Waals surface area contributed by atoms with Gasteiger partial charge in [0.2, 0.25) is 10.0 Å². The molecular formula is C14H18N2O3S. The highest BCUT2D eigenvalue weighted by atomic mass is 32.2. The van der Waals surface area contributed by atoms with Crippen molar-refractivity contribution in [2.45, 2.75) is 31.3 Å². The summed E-state index contributed by atoms with van der Waals surface area (Å²) in [5, 5.41) is 10.1. The molecular weight excluding hydrogens is 276 g/mol. The Morgan fingerprint density at radius 1 is 1.35 bits per heavy atom. The molecule has 2 N–H and O–H groups in total. The Kier molecular flexibility index (Phi) is 4.37. The molecule has 0 spiro atoms. The number of hydrogen-bond acceptors (Lipinski definition) is 4. The maximum Gasteiger partial charge on any atom is 0.241 e. The van der Waals surface area contributed by atoms with Crippen molar-refractivity contribution in [3.8, 4) is 0 Å². The van der Waals surface area contributed by atoms with E-state index < -0.39 is 16.1 Å². The van der Waals surface area contributed by atoms with Crippen LogP contribution in [0.25, 0.3) is 10.9 Å². The summed E-state index contributed by atoms with van der Waals surface area (Å²) in [6.07, 6.45) is 1.46. The van der Waals surface area contributed by atoms with E-state index in [1.165, 1.54) is 0 Å². The molecule has 0 amide bonds. The molecule has 0 saturated heterocycles. The van der Waals surface area contributed by atoms with E-state index >= 15 is 0 Å². The van der Waals surface area contributed by atoms with E-state index in [0.29, 0.717) is 17.3 Å². The number of aromatic nitrogens is 1. The number of hydrogen-bond donors (Lipinski definition) is 2. The van der Waals surface area contributed by atoms with Crippen LogP contribution in [0, 0.1) is 6.92 Å². The normalized spacial score (nSPS) is 13.6. The van der Waals surface area contributed by atoms with Crippen LogP contribution < -0.4 is 4.72 Å². The quantitative estimate of drug-likeness (QED) is 0.877. The third-order valence-electron chi connectivity index (χ3n) is 3.20. The number of fused-ring (bicyclic) bond motifs is 1. The van der Waals surface area contributed by atoms with Crippen molar-refractivity contribution < 1.29 is 13.5 Å². The first-order chi connectivity index (χ1) is 9.45. The number of nitrogens with zero attached hydrogens (tertiary/aromatic N) is 1. The van der Waals surface area contributed by atoms with E-state index in [0.717, 1.165) is 5.56 Å². The Balaban J connectivity index is 2.45. The van der Waals surface area contributed by atoms with Crippen LogP contribution in [0.3, 0.4) is 0 Å². The average molecular weight is 294 g/mol. The second-order valence-corrected chi connectivity index (χ2v) is 6.43. The van der Waals surface area contributed by atoms with Gasteiger partial charge in [-0.05, 0) is 37.1 Å². The van der Waals surface area contributed by atoms with E-state index in [1.807, 2.05) is 6.92 Å². The number of rotatable bonds is 5. The lowest BCUT2D eigenvalue weighted by Crippen LogP contribution is -2.31. The summed E-state index contributed by atoms with van der Waals surface area (Å²) in [7, 11) is -3.66. The number of aliphatic hydroxyl groups is 1. The van der Waals surface area contributed by atoms with Crippen LogP contribution >= 0.6 is 0 Å². The molecule has 0 saturated carbocycles. The van der Waals surface area contributed by atoms with E-state index in [1.54, 1.807) is 37.4 Å². The minimum absolute atomic E-state index is 0.00840. The van der Waals surface area contributed by atoms with Gasteiger partial charge in [-0.25, -0.2) is 13.1 Å². The molecule has 1 aromatic carbocycles. The molecule has 0 bridgehead atoms. The summed E-state index contributed by atoms with van der Waals surface area (Å²) < 4.78 is 27.1. The Morgan fingerprint density at radius 2 is 2.10 bits per heavy atom. The highest BCUT2D eigenvalue weighted by Gasteiger charge is 2.19. The van der Waals surface area contributed by atoms with E-state index in [-0.39, 0.29) is 11.4 Å². The monoisotopic (exact) mass is 294 g/mol. The molecule has 1 unspecified atom stereocenters. The summed E-state index contributed by atoms with van der Waals surface area (Å²) in [4.78, 5) is 4.41. The molecule has 1 aromatic heterocycles. The number of nitrogens with one attached hydrogen (secondary N) is 1. The highest BCUT2D eigenvalue weighted by molar-refractivity contribution is 7.89. The van der Waals surface area contributed by atoms with Gasteiger partial charge in [-0.1, -0.05) is 13.0 Å². The van der Waals surface area contributed by atoms with Gasteiger partial charge in [0.15, 0.2) is 0 Å². The van der Waals surface area contributed by atoms with E-state index in [9.17, 15) is 13.5 Å². The second-order valence-electron chi connectivity index (χ2n) is 4.69. The first-order valence-electron chi connectivity index (χ1n) is 6.47. The van der Waals surface area contributed by atoms with Crippen molar-refractivity contribution in [2.75, 3.05) is 6.54 Å². The lowest BCUT2D eigenvalue weighted by atomic mass is 10.1. The third kappa shape index (κ3) is 2.98. The van der Waals surface area contributed by atoms with Gasteiger partial charge in [0.1, 0.15) is 0 Å². The summed E-state index contributed by atoms with van der Waals surface area (Å²) in [6.45, 7) is 3.69. The van der Waals surface area contributed by atoms with Crippen LogP contribution in [0.2, 0.25) is 0 Å². The zero-order valence-corrected chi connectivity index (χ0v) is 12.3. The van der Waals surface area contributed by atoms with Gasteiger partial charge in [0, 0.05) is 18.1 Å². The van der Waals surface area contributed by atoms with Crippen LogP contribution in [-0.2, 0) is 10.0 Å². The average Bonchev–Trinajstić information content (AvgIpc) is 2.45. The topological polar surface area (TPSA) is 79.3 Å². The largest absolute Gasteiger partial charge is 0.392 e. The first kappa shape index (κ1) is 14.9. The van der Waals surface area contributed by atoms with E-state index in [2.05, 4.69) is 9.71 Å².